The van der Waals surface area contributed by atoms with Gasteiger partial charge in [-0.05, 0) is 48.7 Å². The number of imidazole rings is 1. The molecule has 7 nitrogen and oxygen atoms in total. The molecule has 3 aromatic carbocycles. The van der Waals surface area contributed by atoms with E-state index < -0.39 is 0 Å². The number of ether oxygens (including phenoxy) is 1. The fourth-order valence-corrected chi connectivity index (χ4v) is 5.28. The number of carbonyl (C=O) groups is 2. The highest BCUT2D eigenvalue weighted by atomic mass is 16.5. The molecule has 1 aliphatic carbocycles. The van der Waals surface area contributed by atoms with Crippen LogP contribution in [-0.2, 0) is 24.4 Å². The molecule has 7 heteroatoms. The SMILES string of the molecule is COc1cccc(C(=O)NCc2nc3ccccc3n2CC(=O)N(Cc2ccccc2)C2CCCCC2)c1. The van der Waals surface area contributed by atoms with Gasteiger partial charge in [0, 0.05) is 18.2 Å². The van der Waals surface area contributed by atoms with Crippen molar-refractivity contribution in [2.45, 2.75) is 57.8 Å². The maximum atomic E-state index is 13.9. The van der Waals surface area contributed by atoms with E-state index in [-0.39, 0.29) is 30.9 Å². The van der Waals surface area contributed by atoms with E-state index in [0.29, 0.717) is 23.7 Å². The third-order valence-corrected chi connectivity index (χ3v) is 7.30. The molecule has 196 valence electrons. The Labute approximate surface area is 223 Å². The van der Waals surface area contributed by atoms with Gasteiger partial charge in [-0.15, -0.1) is 0 Å². The van der Waals surface area contributed by atoms with Gasteiger partial charge < -0.3 is 19.5 Å². The highest BCUT2D eigenvalue weighted by Crippen LogP contribution is 2.25. The van der Waals surface area contributed by atoms with E-state index in [2.05, 4.69) is 22.3 Å². The molecule has 1 aromatic heterocycles. The van der Waals surface area contributed by atoms with Crippen molar-refractivity contribution in [1.29, 1.82) is 0 Å². The second-order valence-corrected chi connectivity index (χ2v) is 9.82. The molecule has 38 heavy (non-hydrogen) atoms. The van der Waals surface area contributed by atoms with Crippen LogP contribution in [-0.4, -0.2) is 39.4 Å². The topological polar surface area (TPSA) is 76.5 Å². The number of hydrogen-bond acceptors (Lipinski definition) is 4. The fraction of sp³-hybridized carbons (Fsp3) is 0.323. The number of para-hydroxylation sites is 2. The van der Waals surface area contributed by atoms with E-state index in [9.17, 15) is 9.59 Å². The highest BCUT2D eigenvalue weighted by molar-refractivity contribution is 5.94. The normalized spacial score (nSPS) is 13.8. The Kier molecular flexibility index (Phi) is 8.02. The first-order valence-electron chi connectivity index (χ1n) is 13.3. The summed E-state index contributed by atoms with van der Waals surface area (Å²) in [6.07, 6.45) is 5.60. The molecular formula is C31H34N4O3. The third-order valence-electron chi connectivity index (χ3n) is 7.30. The molecule has 1 heterocycles. The van der Waals surface area contributed by atoms with Crippen LogP contribution in [0.25, 0.3) is 11.0 Å². The average Bonchev–Trinajstić information content (AvgIpc) is 3.32. The van der Waals surface area contributed by atoms with Crippen LogP contribution in [0, 0.1) is 0 Å². The van der Waals surface area contributed by atoms with E-state index in [1.165, 1.54) is 6.42 Å². The number of benzene rings is 3. The molecule has 0 aliphatic heterocycles. The maximum Gasteiger partial charge on any atom is 0.251 e. The lowest BCUT2D eigenvalue weighted by atomic mass is 9.93. The summed E-state index contributed by atoms with van der Waals surface area (Å²) in [5, 5.41) is 2.97. The minimum absolute atomic E-state index is 0.0734. The summed E-state index contributed by atoms with van der Waals surface area (Å²) in [5.41, 5.74) is 3.33. The molecule has 2 amide bonds. The van der Waals surface area contributed by atoms with Gasteiger partial charge in [0.2, 0.25) is 5.91 Å². The summed E-state index contributed by atoms with van der Waals surface area (Å²) in [6.45, 7) is 0.979. The van der Waals surface area contributed by atoms with Crippen LogP contribution in [0.4, 0.5) is 0 Å². The number of methoxy groups -OCH3 is 1. The summed E-state index contributed by atoms with van der Waals surface area (Å²) in [5.74, 6) is 1.13. The lowest BCUT2D eigenvalue weighted by molar-refractivity contribution is -0.135. The second kappa shape index (κ2) is 11.9. The summed E-state index contributed by atoms with van der Waals surface area (Å²) in [4.78, 5) is 33.6. The van der Waals surface area contributed by atoms with E-state index in [1.54, 1.807) is 31.4 Å². The minimum Gasteiger partial charge on any atom is -0.497 e. The Bertz CT molecular complexity index is 1390. The zero-order valence-electron chi connectivity index (χ0n) is 21.8. The van der Waals surface area contributed by atoms with Gasteiger partial charge in [0.25, 0.3) is 5.91 Å². The van der Waals surface area contributed by atoms with Gasteiger partial charge in [-0.2, -0.15) is 0 Å². The summed E-state index contributed by atoms with van der Waals surface area (Å²) in [6, 6.07) is 25.3. The first kappa shape index (κ1) is 25.5. The first-order valence-corrected chi connectivity index (χ1v) is 13.3. The number of amides is 2. The predicted molar refractivity (Wildman–Crippen MR) is 148 cm³/mol. The number of carbonyl (C=O) groups excluding carboxylic acids is 2. The Hall–Kier alpha value is -4.13. The lowest BCUT2D eigenvalue weighted by Gasteiger charge is -2.35. The van der Waals surface area contributed by atoms with Crippen LogP contribution in [0.1, 0.15) is 53.8 Å². The van der Waals surface area contributed by atoms with E-state index in [0.717, 1.165) is 42.3 Å². The van der Waals surface area contributed by atoms with Crippen LogP contribution in [0.3, 0.4) is 0 Å². The molecule has 1 fully saturated rings. The molecule has 1 saturated carbocycles. The second-order valence-electron chi connectivity index (χ2n) is 9.82. The van der Waals surface area contributed by atoms with Gasteiger partial charge in [0.05, 0.1) is 24.7 Å². The number of rotatable bonds is 9. The number of nitrogens with one attached hydrogen (secondary N) is 1. The minimum atomic E-state index is -0.221. The van der Waals surface area contributed by atoms with E-state index in [4.69, 9.17) is 9.72 Å². The molecule has 4 aromatic rings. The van der Waals surface area contributed by atoms with Gasteiger partial charge in [-0.25, -0.2) is 4.98 Å². The van der Waals surface area contributed by atoms with Crippen molar-refractivity contribution in [2.24, 2.45) is 0 Å². The van der Waals surface area contributed by atoms with Crippen molar-refractivity contribution >= 4 is 22.8 Å². The molecule has 0 bridgehead atoms. The smallest absolute Gasteiger partial charge is 0.251 e. The molecule has 5 rings (SSSR count). The largest absolute Gasteiger partial charge is 0.497 e. The van der Waals surface area contributed by atoms with Gasteiger partial charge >= 0.3 is 0 Å². The fourth-order valence-electron chi connectivity index (χ4n) is 5.28. The molecule has 1 N–H and O–H groups in total. The van der Waals surface area contributed by atoms with Crippen molar-refractivity contribution in [1.82, 2.24) is 19.8 Å². The first-order chi connectivity index (χ1) is 18.6. The van der Waals surface area contributed by atoms with Crippen molar-refractivity contribution in [3.8, 4) is 5.75 Å². The molecule has 0 saturated heterocycles. The molecule has 0 radical (unpaired) electrons. The number of nitrogens with zero attached hydrogens (tertiary/aromatic N) is 3. The highest BCUT2D eigenvalue weighted by Gasteiger charge is 2.27. The van der Waals surface area contributed by atoms with Crippen LogP contribution in [0.5, 0.6) is 5.75 Å². The number of hydrogen-bond donors (Lipinski definition) is 1. The quantitative estimate of drug-likeness (QED) is 0.330. The Morgan fingerprint density at radius 1 is 0.974 bits per heavy atom. The number of aromatic nitrogens is 2. The zero-order chi connectivity index (χ0) is 26.3. The Morgan fingerprint density at radius 3 is 2.53 bits per heavy atom. The van der Waals surface area contributed by atoms with Crippen LogP contribution >= 0.6 is 0 Å². The lowest BCUT2D eigenvalue weighted by Crippen LogP contribution is -2.42. The monoisotopic (exact) mass is 510 g/mol. The van der Waals surface area contributed by atoms with E-state index in [1.807, 2.05) is 47.0 Å². The molecule has 0 spiro atoms. The zero-order valence-corrected chi connectivity index (χ0v) is 21.8. The number of fused-ring (bicyclic) bond motifs is 1. The molecule has 0 unspecified atom stereocenters. The Balaban J connectivity index is 1.39. The van der Waals surface area contributed by atoms with Crippen molar-refractivity contribution in [3.63, 3.8) is 0 Å². The van der Waals surface area contributed by atoms with Crippen LogP contribution in [0.15, 0.2) is 78.9 Å². The van der Waals surface area contributed by atoms with Crippen molar-refractivity contribution in [2.75, 3.05) is 7.11 Å². The summed E-state index contributed by atoms with van der Waals surface area (Å²) < 4.78 is 7.20. The maximum absolute atomic E-state index is 13.9. The summed E-state index contributed by atoms with van der Waals surface area (Å²) >= 11 is 0. The van der Waals surface area contributed by atoms with Crippen molar-refractivity contribution < 1.29 is 14.3 Å². The summed E-state index contributed by atoms with van der Waals surface area (Å²) in [7, 11) is 1.57. The third kappa shape index (κ3) is 5.88. The molecule has 0 atom stereocenters. The van der Waals surface area contributed by atoms with Crippen molar-refractivity contribution in [3.05, 3.63) is 95.8 Å². The van der Waals surface area contributed by atoms with Crippen LogP contribution in [0.2, 0.25) is 0 Å². The van der Waals surface area contributed by atoms with Gasteiger partial charge in [-0.3, -0.25) is 9.59 Å². The van der Waals surface area contributed by atoms with Gasteiger partial charge in [-0.1, -0.05) is 67.8 Å². The van der Waals surface area contributed by atoms with Gasteiger partial charge in [0.1, 0.15) is 18.1 Å². The average molecular weight is 511 g/mol. The predicted octanol–water partition coefficient (Wildman–Crippen LogP) is 5.34. The standard InChI is InChI=1S/C31H34N4O3/c1-38-26-16-10-13-24(19-26)31(37)32-20-29-33-27-17-8-9-18-28(27)35(29)22-30(36)34(25-14-6-3-7-15-25)21-23-11-4-2-5-12-23/h2,4-5,8-13,16-19,25H,3,6-7,14-15,20-22H2,1H3,(H,32,37). The van der Waals surface area contributed by atoms with Gasteiger partial charge in [0.15, 0.2) is 0 Å². The molecule has 1 aliphatic rings. The van der Waals surface area contributed by atoms with Crippen LogP contribution < -0.4 is 10.1 Å². The molecular weight excluding hydrogens is 476 g/mol. The van der Waals surface area contributed by atoms with E-state index >= 15 is 0 Å². The Morgan fingerprint density at radius 2 is 1.74 bits per heavy atom.